The van der Waals surface area contributed by atoms with Crippen molar-refractivity contribution in [3.05, 3.63) is 23.5 Å². The first-order chi connectivity index (χ1) is 10.6. The number of fused-ring (bicyclic) bond motifs is 1. The van der Waals surface area contributed by atoms with Gasteiger partial charge in [-0.1, -0.05) is 0 Å². The number of nitrogens with one attached hydrogen (secondary N) is 2. The van der Waals surface area contributed by atoms with Gasteiger partial charge in [-0.05, 0) is 52.8 Å². The van der Waals surface area contributed by atoms with Gasteiger partial charge in [0.25, 0.3) is 5.91 Å². The largest absolute Gasteiger partial charge is 0.349 e. The van der Waals surface area contributed by atoms with Gasteiger partial charge in [-0.3, -0.25) is 4.79 Å². The summed E-state index contributed by atoms with van der Waals surface area (Å²) in [5.41, 5.74) is 2.30. The maximum Gasteiger partial charge on any atom is 0.252 e. The maximum absolute atomic E-state index is 12.7. The second-order valence-electron chi connectivity index (χ2n) is 6.23. The van der Waals surface area contributed by atoms with Crippen LogP contribution in [0.5, 0.6) is 0 Å². The third-order valence-electron chi connectivity index (χ3n) is 4.10. The van der Waals surface area contributed by atoms with E-state index in [1.165, 1.54) is 0 Å². The summed E-state index contributed by atoms with van der Waals surface area (Å²) in [4.78, 5) is 17.2. The highest BCUT2D eigenvalue weighted by Crippen LogP contribution is 2.21. The zero-order valence-corrected chi connectivity index (χ0v) is 13.4. The number of carbonyl (C=O) groups is 1. The summed E-state index contributed by atoms with van der Waals surface area (Å²) in [7, 11) is 0. The molecule has 1 aliphatic heterocycles. The van der Waals surface area contributed by atoms with Crippen molar-refractivity contribution in [2.45, 2.75) is 45.7 Å². The predicted molar refractivity (Wildman–Crippen MR) is 86.0 cm³/mol. The number of rotatable bonds is 3. The number of nitrogens with zero attached hydrogens (tertiary/aromatic N) is 3. The lowest BCUT2D eigenvalue weighted by molar-refractivity contribution is 0.0931. The van der Waals surface area contributed by atoms with Crippen LogP contribution in [0.2, 0.25) is 0 Å². The average molecular weight is 301 g/mol. The fraction of sp³-hybridized carbons (Fsp3) is 0.562. The monoisotopic (exact) mass is 301 g/mol. The second kappa shape index (κ2) is 6.04. The number of amides is 1. The molecule has 1 aliphatic rings. The minimum Gasteiger partial charge on any atom is -0.349 e. The summed E-state index contributed by atoms with van der Waals surface area (Å²) >= 11 is 0. The van der Waals surface area contributed by atoms with Crippen LogP contribution in [0.4, 0.5) is 0 Å². The van der Waals surface area contributed by atoms with Gasteiger partial charge in [-0.25, -0.2) is 9.67 Å². The van der Waals surface area contributed by atoms with Gasteiger partial charge in [0.15, 0.2) is 5.65 Å². The van der Waals surface area contributed by atoms with Gasteiger partial charge in [0.1, 0.15) is 0 Å². The Bertz CT molecular complexity index is 685. The quantitative estimate of drug-likeness (QED) is 0.907. The van der Waals surface area contributed by atoms with Gasteiger partial charge in [0, 0.05) is 17.8 Å². The van der Waals surface area contributed by atoms with Crippen molar-refractivity contribution in [3.8, 4) is 0 Å². The first kappa shape index (κ1) is 15.0. The molecule has 1 amide bonds. The summed E-state index contributed by atoms with van der Waals surface area (Å²) in [6.07, 6.45) is 3.70. The molecule has 6 nitrogen and oxygen atoms in total. The molecule has 0 radical (unpaired) electrons. The molecule has 2 N–H and O–H groups in total. The summed E-state index contributed by atoms with van der Waals surface area (Å²) in [6, 6.07) is 2.31. The summed E-state index contributed by atoms with van der Waals surface area (Å²) < 4.78 is 1.86. The molecule has 2 aromatic heterocycles. The van der Waals surface area contributed by atoms with Crippen LogP contribution in [0.15, 0.2) is 12.3 Å². The molecule has 22 heavy (non-hydrogen) atoms. The Morgan fingerprint density at radius 1 is 1.41 bits per heavy atom. The third kappa shape index (κ3) is 2.83. The lowest BCUT2D eigenvalue weighted by Gasteiger charge is -2.23. The first-order valence-corrected chi connectivity index (χ1v) is 7.92. The first-order valence-electron chi connectivity index (χ1n) is 7.92. The molecule has 118 valence electrons. The zero-order chi connectivity index (χ0) is 15.7. The van der Waals surface area contributed by atoms with Crippen LogP contribution in [-0.4, -0.2) is 39.8 Å². The van der Waals surface area contributed by atoms with Crippen molar-refractivity contribution in [3.63, 3.8) is 0 Å². The highest BCUT2D eigenvalue weighted by Gasteiger charge is 2.20. The van der Waals surface area contributed by atoms with E-state index in [0.29, 0.717) is 5.56 Å². The van der Waals surface area contributed by atoms with Crippen LogP contribution in [0.3, 0.4) is 0 Å². The molecule has 0 unspecified atom stereocenters. The maximum atomic E-state index is 12.7. The van der Waals surface area contributed by atoms with Gasteiger partial charge >= 0.3 is 0 Å². The van der Waals surface area contributed by atoms with Crippen molar-refractivity contribution in [1.82, 2.24) is 25.4 Å². The Balaban J connectivity index is 1.93. The Labute approximate surface area is 130 Å². The Morgan fingerprint density at radius 2 is 2.14 bits per heavy atom. The molecule has 0 bridgehead atoms. The zero-order valence-electron chi connectivity index (χ0n) is 13.4. The molecule has 6 heteroatoms. The number of hydrogen-bond donors (Lipinski definition) is 2. The number of carbonyl (C=O) groups excluding carboxylic acids is 1. The number of aromatic nitrogens is 3. The van der Waals surface area contributed by atoms with Crippen LogP contribution in [0.1, 0.15) is 48.8 Å². The summed E-state index contributed by atoms with van der Waals surface area (Å²) in [5, 5.41) is 11.7. The van der Waals surface area contributed by atoms with Crippen molar-refractivity contribution < 1.29 is 4.79 Å². The van der Waals surface area contributed by atoms with Crippen molar-refractivity contribution >= 4 is 16.9 Å². The molecule has 0 spiro atoms. The lowest BCUT2D eigenvalue weighted by atomic mass is 10.1. The number of hydrogen-bond acceptors (Lipinski definition) is 4. The standard InChI is InChI=1S/C16H23N5O/c1-10(2)21-15-14(9-18-21)13(8-11(3)19-15)16(22)20-12-4-6-17-7-5-12/h8-10,12,17H,4-7H2,1-3H3,(H,20,22). The van der Waals surface area contributed by atoms with Gasteiger partial charge in [-0.15, -0.1) is 0 Å². The summed E-state index contributed by atoms with van der Waals surface area (Å²) in [6.45, 7) is 7.96. The van der Waals surface area contributed by atoms with Gasteiger partial charge in [0.2, 0.25) is 0 Å². The molecule has 3 rings (SSSR count). The highest BCUT2D eigenvalue weighted by atomic mass is 16.1. The van der Waals surface area contributed by atoms with E-state index in [4.69, 9.17) is 0 Å². The van der Waals surface area contributed by atoms with E-state index in [2.05, 4.69) is 34.6 Å². The van der Waals surface area contributed by atoms with E-state index in [9.17, 15) is 4.79 Å². The molecular formula is C16H23N5O. The van der Waals surface area contributed by atoms with Crippen molar-refractivity contribution in [2.24, 2.45) is 0 Å². The molecule has 0 aliphatic carbocycles. The van der Waals surface area contributed by atoms with Gasteiger partial charge < -0.3 is 10.6 Å². The molecule has 3 heterocycles. The van der Waals surface area contributed by atoms with Gasteiger partial charge in [0.05, 0.1) is 17.1 Å². The minimum absolute atomic E-state index is 0.0225. The van der Waals surface area contributed by atoms with E-state index < -0.39 is 0 Å². The van der Waals surface area contributed by atoms with Crippen molar-refractivity contribution in [1.29, 1.82) is 0 Å². The fourth-order valence-corrected chi connectivity index (χ4v) is 2.94. The van der Waals surface area contributed by atoms with E-state index in [-0.39, 0.29) is 18.0 Å². The minimum atomic E-state index is -0.0225. The van der Waals surface area contributed by atoms with E-state index >= 15 is 0 Å². The summed E-state index contributed by atoms with van der Waals surface area (Å²) in [5.74, 6) is -0.0225. The predicted octanol–water partition coefficient (Wildman–Crippen LogP) is 1.80. The average Bonchev–Trinajstić information content (AvgIpc) is 2.91. The van der Waals surface area contributed by atoms with E-state index in [1.54, 1.807) is 6.20 Å². The third-order valence-corrected chi connectivity index (χ3v) is 4.10. The molecule has 0 saturated carbocycles. The van der Waals surface area contributed by atoms with Crippen LogP contribution >= 0.6 is 0 Å². The van der Waals surface area contributed by atoms with E-state index in [1.807, 2.05) is 17.7 Å². The smallest absolute Gasteiger partial charge is 0.252 e. The van der Waals surface area contributed by atoms with E-state index in [0.717, 1.165) is 42.7 Å². The normalized spacial score (nSPS) is 16.4. The Kier molecular flexibility index (Phi) is 4.11. The second-order valence-corrected chi connectivity index (χ2v) is 6.23. The molecule has 0 atom stereocenters. The molecule has 0 aromatic carbocycles. The van der Waals surface area contributed by atoms with Crippen molar-refractivity contribution in [2.75, 3.05) is 13.1 Å². The van der Waals surface area contributed by atoms with Crippen LogP contribution < -0.4 is 10.6 Å². The van der Waals surface area contributed by atoms with Crippen LogP contribution in [0, 0.1) is 6.92 Å². The molecule has 1 saturated heterocycles. The Hall–Kier alpha value is -1.95. The number of pyridine rings is 1. The van der Waals surface area contributed by atoms with Crippen LogP contribution in [0.25, 0.3) is 11.0 Å². The lowest BCUT2D eigenvalue weighted by Crippen LogP contribution is -2.42. The molecule has 2 aromatic rings. The number of aryl methyl sites for hydroxylation is 1. The molecule has 1 fully saturated rings. The topological polar surface area (TPSA) is 71.8 Å². The SMILES string of the molecule is Cc1cc(C(=O)NC2CCNCC2)c2cnn(C(C)C)c2n1. The highest BCUT2D eigenvalue weighted by molar-refractivity contribution is 6.05. The number of piperidine rings is 1. The fourth-order valence-electron chi connectivity index (χ4n) is 2.94. The van der Waals surface area contributed by atoms with Crippen LogP contribution in [-0.2, 0) is 0 Å². The van der Waals surface area contributed by atoms with Gasteiger partial charge in [-0.2, -0.15) is 5.10 Å². The Morgan fingerprint density at radius 3 is 2.82 bits per heavy atom. The molecular weight excluding hydrogens is 278 g/mol.